The van der Waals surface area contributed by atoms with Gasteiger partial charge >= 0.3 is 0 Å². The Morgan fingerprint density at radius 2 is 1.10 bits per heavy atom. The largest absolute Gasteiger partial charge is 0.378 e. The fraction of sp³-hybridized carbons (Fsp3) is 0.185. The summed E-state index contributed by atoms with van der Waals surface area (Å²) >= 11 is 0. The maximum absolute atomic E-state index is 2.30. The van der Waals surface area contributed by atoms with E-state index in [2.05, 4.69) is 127 Å². The standard InChI is InChI=1S/C27H27N3/c1-28(2)20-15-13-19(14-16-20)27(23-17-29(3)25-11-7-5-9-21(23)25)24-18-30(4)26-12-8-6-10-22(24)26/h5-18,27H,1-4H3. The van der Waals surface area contributed by atoms with Crippen LogP contribution in [0.4, 0.5) is 5.69 Å². The van der Waals surface area contributed by atoms with Crippen molar-refractivity contribution in [3.8, 4) is 0 Å². The monoisotopic (exact) mass is 393 g/mol. The number of benzene rings is 3. The Hall–Kier alpha value is -3.46. The van der Waals surface area contributed by atoms with Crippen LogP contribution in [-0.2, 0) is 14.1 Å². The number of hydrogen-bond donors (Lipinski definition) is 0. The van der Waals surface area contributed by atoms with Gasteiger partial charge in [-0.25, -0.2) is 0 Å². The highest BCUT2D eigenvalue weighted by atomic mass is 15.1. The summed E-state index contributed by atoms with van der Waals surface area (Å²) in [7, 11) is 8.45. The zero-order valence-corrected chi connectivity index (χ0v) is 18.0. The van der Waals surface area contributed by atoms with Gasteiger partial charge in [-0.15, -0.1) is 0 Å². The molecule has 5 aromatic rings. The maximum Gasteiger partial charge on any atom is 0.0480 e. The van der Waals surface area contributed by atoms with Gasteiger partial charge in [0.15, 0.2) is 0 Å². The fourth-order valence-electron chi connectivity index (χ4n) is 4.70. The van der Waals surface area contributed by atoms with Crippen molar-refractivity contribution in [2.75, 3.05) is 19.0 Å². The molecule has 2 aromatic heterocycles. The first-order valence-corrected chi connectivity index (χ1v) is 10.4. The van der Waals surface area contributed by atoms with Crippen LogP contribution in [0.15, 0.2) is 85.2 Å². The highest BCUT2D eigenvalue weighted by molar-refractivity contribution is 5.89. The van der Waals surface area contributed by atoms with Crippen LogP contribution in [0.3, 0.4) is 0 Å². The first-order chi connectivity index (χ1) is 14.5. The molecule has 0 saturated carbocycles. The van der Waals surface area contributed by atoms with E-state index in [0.717, 1.165) is 0 Å². The third-order valence-electron chi connectivity index (χ3n) is 6.22. The Balaban J connectivity index is 1.79. The number of hydrogen-bond acceptors (Lipinski definition) is 1. The average molecular weight is 394 g/mol. The van der Waals surface area contributed by atoms with Crippen LogP contribution in [-0.4, -0.2) is 23.2 Å². The van der Waals surface area contributed by atoms with Gasteiger partial charge in [0.05, 0.1) is 0 Å². The minimum absolute atomic E-state index is 0.165. The van der Waals surface area contributed by atoms with E-state index < -0.39 is 0 Å². The summed E-state index contributed by atoms with van der Waals surface area (Å²) in [6.07, 6.45) is 4.61. The van der Waals surface area contributed by atoms with Gasteiger partial charge < -0.3 is 14.0 Å². The van der Waals surface area contributed by atoms with E-state index >= 15 is 0 Å². The van der Waals surface area contributed by atoms with E-state index in [1.807, 2.05) is 0 Å². The van der Waals surface area contributed by atoms with Crippen molar-refractivity contribution in [2.24, 2.45) is 14.1 Å². The highest BCUT2D eigenvalue weighted by Gasteiger charge is 2.24. The van der Waals surface area contributed by atoms with Crippen molar-refractivity contribution in [1.29, 1.82) is 0 Å². The molecule has 0 aliphatic heterocycles. The summed E-state index contributed by atoms with van der Waals surface area (Å²) in [5.41, 5.74) is 7.76. The minimum Gasteiger partial charge on any atom is -0.378 e. The van der Waals surface area contributed by atoms with Crippen molar-refractivity contribution < 1.29 is 0 Å². The molecule has 0 fully saturated rings. The second-order valence-electron chi connectivity index (χ2n) is 8.34. The molecule has 0 bridgehead atoms. The molecule has 2 heterocycles. The van der Waals surface area contributed by atoms with E-state index in [4.69, 9.17) is 0 Å². The van der Waals surface area contributed by atoms with E-state index in [1.165, 1.54) is 44.2 Å². The number of fused-ring (bicyclic) bond motifs is 2. The third kappa shape index (κ3) is 2.89. The normalized spacial score (nSPS) is 11.6. The molecule has 3 nitrogen and oxygen atoms in total. The zero-order valence-electron chi connectivity index (χ0n) is 18.0. The molecular weight excluding hydrogens is 366 g/mol. The van der Waals surface area contributed by atoms with Crippen LogP contribution < -0.4 is 4.90 Å². The second-order valence-corrected chi connectivity index (χ2v) is 8.34. The van der Waals surface area contributed by atoms with Crippen molar-refractivity contribution in [2.45, 2.75) is 5.92 Å². The first kappa shape index (κ1) is 18.6. The number of nitrogens with zero attached hydrogens (tertiary/aromatic N) is 3. The molecule has 3 heteroatoms. The Labute approximate surface area is 177 Å². The second kappa shape index (κ2) is 7.10. The molecule has 0 unspecified atom stereocenters. The van der Waals surface area contributed by atoms with Crippen molar-refractivity contribution >= 4 is 27.5 Å². The Morgan fingerprint density at radius 3 is 1.57 bits per heavy atom. The smallest absolute Gasteiger partial charge is 0.0480 e. The van der Waals surface area contributed by atoms with Crippen LogP contribution in [0.1, 0.15) is 22.6 Å². The predicted octanol–water partition coefficient (Wildman–Crippen LogP) is 5.92. The van der Waals surface area contributed by atoms with Gasteiger partial charge in [-0.2, -0.15) is 0 Å². The average Bonchev–Trinajstić information content (AvgIpc) is 3.27. The van der Waals surface area contributed by atoms with Crippen molar-refractivity contribution in [3.63, 3.8) is 0 Å². The topological polar surface area (TPSA) is 13.1 Å². The lowest BCUT2D eigenvalue weighted by Crippen LogP contribution is -2.09. The van der Waals surface area contributed by atoms with Gasteiger partial charge in [-0.3, -0.25) is 0 Å². The molecule has 0 N–H and O–H groups in total. The SMILES string of the molecule is CN(C)c1ccc(C(c2cn(C)c3ccccc23)c2cn(C)c3ccccc23)cc1. The van der Waals surface area contributed by atoms with E-state index in [9.17, 15) is 0 Å². The summed E-state index contributed by atoms with van der Waals surface area (Å²) in [4.78, 5) is 2.15. The Morgan fingerprint density at radius 1 is 0.633 bits per heavy atom. The summed E-state index contributed by atoms with van der Waals surface area (Å²) in [5, 5.41) is 2.63. The molecule has 5 rings (SSSR count). The van der Waals surface area contributed by atoms with Crippen LogP contribution in [0.25, 0.3) is 21.8 Å². The van der Waals surface area contributed by atoms with Gasteiger partial charge in [-0.1, -0.05) is 48.5 Å². The van der Waals surface area contributed by atoms with Gasteiger partial charge in [0.1, 0.15) is 0 Å². The van der Waals surface area contributed by atoms with E-state index in [-0.39, 0.29) is 5.92 Å². The molecule has 0 atom stereocenters. The predicted molar refractivity (Wildman–Crippen MR) is 128 cm³/mol. The summed E-state index contributed by atoms with van der Waals surface area (Å²) in [6, 6.07) is 26.4. The van der Waals surface area contributed by atoms with Crippen molar-refractivity contribution in [3.05, 3.63) is 102 Å². The number of aromatic nitrogens is 2. The molecule has 0 amide bonds. The highest BCUT2D eigenvalue weighted by Crippen LogP contribution is 2.40. The Kier molecular flexibility index (Phi) is 4.39. The summed E-state index contributed by atoms with van der Waals surface area (Å²) < 4.78 is 4.49. The summed E-state index contributed by atoms with van der Waals surface area (Å²) in [6.45, 7) is 0. The van der Waals surface area contributed by atoms with E-state index in [1.54, 1.807) is 0 Å². The van der Waals surface area contributed by atoms with Crippen LogP contribution in [0, 0.1) is 0 Å². The Bertz CT molecular complexity index is 1260. The van der Waals surface area contributed by atoms with Gasteiger partial charge in [0.25, 0.3) is 0 Å². The first-order valence-electron chi connectivity index (χ1n) is 10.4. The number of para-hydroxylation sites is 2. The molecule has 150 valence electrons. The van der Waals surface area contributed by atoms with Crippen LogP contribution in [0.2, 0.25) is 0 Å². The number of aryl methyl sites for hydroxylation is 2. The molecule has 0 radical (unpaired) electrons. The van der Waals surface area contributed by atoms with Gasteiger partial charge in [0.2, 0.25) is 0 Å². The molecule has 0 aliphatic rings. The molecule has 30 heavy (non-hydrogen) atoms. The molecular formula is C27H27N3. The van der Waals surface area contributed by atoms with Gasteiger partial charge in [0, 0.05) is 74.0 Å². The fourth-order valence-corrected chi connectivity index (χ4v) is 4.70. The molecule has 3 aromatic carbocycles. The minimum atomic E-state index is 0.165. The number of rotatable bonds is 4. The summed E-state index contributed by atoms with van der Waals surface area (Å²) in [5.74, 6) is 0.165. The quantitative estimate of drug-likeness (QED) is 0.370. The molecule has 0 spiro atoms. The van der Waals surface area contributed by atoms with E-state index in [0.29, 0.717) is 0 Å². The lowest BCUT2D eigenvalue weighted by atomic mass is 9.84. The number of anilines is 1. The van der Waals surface area contributed by atoms with Crippen LogP contribution >= 0.6 is 0 Å². The molecule has 0 saturated heterocycles. The van der Waals surface area contributed by atoms with Crippen molar-refractivity contribution in [1.82, 2.24) is 9.13 Å². The lowest BCUT2D eigenvalue weighted by molar-refractivity contribution is 0.912. The zero-order chi connectivity index (χ0) is 20.8. The molecule has 0 aliphatic carbocycles. The lowest BCUT2D eigenvalue weighted by Gasteiger charge is -2.19. The van der Waals surface area contributed by atoms with Crippen LogP contribution in [0.5, 0.6) is 0 Å². The van der Waals surface area contributed by atoms with Gasteiger partial charge in [-0.05, 0) is 41.0 Å². The third-order valence-corrected chi connectivity index (χ3v) is 6.22. The maximum atomic E-state index is 2.30.